The Morgan fingerprint density at radius 2 is 1.83 bits per heavy atom. The molecule has 1 atom stereocenters. The number of methoxy groups -OCH3 is 1. The summed E-state index contributed by atoms with van der Waals surface area (Å²) in [7, 11) is 1.63. The molecule has 5 heteroatoms. The van der Waals surface area contributed by atoms with Crippen molar-refractivity contribution in [3.63, 3.8) is 0 Å². The monoisotopic (exact) mass is 310 g/mol. The smallest absolute Gasteiger partial charge is 0.273 e. The highest BCUT2D eigenvalue weighted by Crippen LogP contribution is 2.25. The molecule has 0 aliphatic rings. The Hall–Kier alpha value is -2.82. The fraction of sp³-hybridized carbons (Fsp3) is 0.222. The number of carbonyl (C=O) groups is 1. The van der Waals surface area contributed by atoms with Crippen molar-refractivity contribution in [2.45, 2.75) is 19.8 Å². The predicted octanol–water partition coefficient (Wildman–Crippen LogP) is 3.09. The second-order valence-electron chi connectivity index (χ2n) is 5.65. The van der Waals surface area contributed by atoms with Gasteiger partial charge in [-0.3, -0.25) is 14.7 Å². The number of hydrogen-bond donors (Lipinski definition) is 1. The van der Waals surface area contributed by atoms with E-state index in [2.05, 4.69) is 5.10 Å². The highest BCUT2D eigenvalue weighted by atomic mass is 16.5. The van der Waals surface area contributed by atoms with E-state index >= 15 is 0 Å². The summed E-state index contributed by atoms with van der Waals surface area (Å²) in [6, 6.07) is 13.0. The van der Waals surface area contributed by atoms with Gasteiger partial charge in [-0.2, -0.15) is 4.68 Å². The Bertz CT molecular complexity index is 937. The maximum Gasteiger partial charge on any atom is 0.273 e. The topological polar surface area (TPSA) is 64.1 Å². The molecule has 3 aromatic rings. The number of ether oxygens (including phenoxy) is 1. The number of aromatic amines is 1. The minimum absolute atomic E-state index is 0.268. The number of H-pyrrole nitrogens is 1. The SMILES string of the molecule is COc1ccc2cc(C(C)C(=O)n3[nH]c(C)cc3=O)ccc2c1. The van der Waals surface area contributed by atoms with Crippen LogP contribution in [0.1, 0.15) is 28.9 Å². The summed E-state index contributed by atoms with van der Waals surface area (Å²) in [5.41, 5.74) is 1.21. The Morgan fingerprint density at radius 3 is 2.48 bits per heavy atom. The van der Waals surface area contributed by atoms with E-state index in [4.69, 9.17) is 4.74 Å². The lowest BCUT2D eigenvalue weighted by atomic mass is 9.97. The number of nitrogens with one attached hydrogen (secondary N) is 1. The first-order valence-corrected chi connectivity index (χ1v) is 7.40. The third-order valence-corrected chi connectivity index (χ3v) is 4.01. The normalized spacial score (nSPS) is 12.3. The molecule has 0 radical (unpaired) electrons. The van der Waals surface area contributed by atoms with Gasteiger partial charge in [-0.15, -0.1) is 0 Å². The van der Waals surface area contributed by atoms with Crippen LogP contribution in [0, 0.1) is 6.92 Å². The summed E-state index contributed by atoms with van der Waals surface area (Å²) < 4.78 is 6.28. The number of carbonyl (C=O) groups excluding carboxylic acids is 1. The van der Waals surface area contributed by atoms with E-state index in [9.17, 15) is 9.59 Å². The van der Waals surface area contributed by atoms with Crippen LogP contribution in [0.25, 0.3) is 10.8 Å². The van der Waals surface area contributed by atoms with E-state index in [1.807, 2.05) is 36.4 Å². The fourth-order valence-electron chi connectivity index (χ4n) is 2.65. The average Bonchev–Trinajstić information content (AvgIpc) is 2.90. The van der Waals surface area contributed by atoms with Crippen LogP contribution < -0.4 is 10.3 Å². The zero-order valence-electron chi connectivity index (χ0n) is 13.3. The third kappa shape index (κ3) is 2.77. The number of fused-ring (bicyclic) bond motifs is 1. The maximum absolute atomic E-state index is 12.5. The van der Waals surface area contributed by atoms with E-state index in [1.54, 1.807) is 21.0 Å². The Morgan fingerprint density at radius 1 is 1.13 bits per heavy atom. The molecule has 1 N–H and O–H groups in total. The van der Waals surface area contributed by atoms with Gasteiger partial charge in [0.15, 0.2) is 0 Å². The lowest BCUT2D eigenvalue weighted by Gasteiger charge is -2.12. The molecule has 0 saturated heterocycles. The van der Waals surface area contributed by atoms with E-state index in [0.29, 0.717) is 5.69 Å². The Kier molecular flexibility index (Phi) is 3.78. The van der Waals surface area contributed by atoms with Gasteiger partial charge in [0.1, 0.15) is 5.75 Å². The van der Waals surface area contributed by atoms with Crippen molar-refractivity contribution in [3.05, 3.63) is 64.1 Å². The largest absolute Gasteiger partial charge is 0.497 e. The van der Waals surface area contributed by atoms with Crippen LogP contribution in [0.4, 0.5) is 0 Å². The molecular weight excluding hydrogens is 292 g/mol. The second-order valence-corrected chi connectivity index (χ2v) is 5.65. The number of nitrogens with zero attached hydrogens (tertiary/aromatic N) is 1. The number of aryl methyl sites for hydroxylation is 1. The summed E-state index contributed by atoms with van der Waals surface area (Å²) in [6.07, 6.45) is 0. The molecule has 0 aliphatic heterocycles. The standard InChI is InChI=1S/C18H18N2O3/c1-11-8-17(21)20(19-11)18(22)12(2)13-4-5-15-10-16(23-3)7-6-14(15)9-13/h4-10,12,19H,1-3H3. The van der Waals surface area contributed by atoms with Crippen molar-refractivity contribution in [1.82, 2.24) is 9.78 Å². The molecule has 0 bridgehead atoms. The zero-order chi connectivity index (χ0) is 16.6. The lowest BCUT2D eigenvalue weighted by molar-refractivity contribution is 0.0864. The Labute approximate surface area is 133 Å². The number of benzene rings is 2. The number of aromatic nitrogens is 2. The molecule has 0 amide bonds. The molecule has 1 heterocycles. The summed E-state index contributed by atoms with van der Waals surface area (Å²) in [6.45, 7) is 3.55. The van der Waals surface area contributed by atoms with Crippen LogP contribution >= 0.6 is 0 Å². The van der Waals surface area contributed by atoms with Crippen molar-refractivity contribution in [2.24, 2.45) is 0 Å². The molecule has 23 heavy (non-hydrogen) atoms. The van der Waals surface area contributed by atoms with E-state index in [-0.39, 0.29) is 11.5 Å². The van der Waals surface area contributed by atoms with Gasteiger partial charge in [0.25, 0.3) is 11.5 Å². The van der Waals surface area contributed by atoms with Gasteiger partial charge in [-0.05, 0) is 42.3 Å². The van der Waals surface area contributed by atoms with Crippen molar-refractivity contribution in [3.8, 4) is 5.75 Å². The van der Waals surface area contributed by atoms with E-state index in [0.717, 1.165) is 26.8 Å². The van der Waals surface area contributed by atoms with Gasteiger partial charge in [-0.25, -0.2) is 0 Å². The second kappa shape index (κ2) is 5.76. The van der Waals surface area contributed by atoms with Crippen molar-refractivity contribution >= 4 is 16.7 Å². The minimum Gasteiger partial charge on any atom is -0.497 e. The summed E-state index contributed by atoms with van der Waals surface area (Å²) in [5, 5.41) is 4.85. The molecule has 3 rings (SSSR count). The fourth-order valence-corrected chi connectivity index (χ4v) is 2.65. The molecule has 0 saturated carbocycles. The highest BCUT2D eigenvalue weighted by Gasteiger charge is 2.19. The Balaban J connectivity index is 1.97. The predicted molar refractivity (Wildman–Crippen MR) is 89.3 cm³/mol. The molecule has 5 nitrogen and oxygen atoms in total. The van der Waals surface area contributed by atoms with Gasteiger partial charge < -0.3 is 4.74 Å². The molecule has 0 aliphatic carbocycles. The van der Waals surface area contributed by atoms with Crippen molar-refractivity contribution in [1.29, 1.82) is 0 Å². The molecule has 0 spiro atoms. The molecule has 0 fully saturated rings. The molecule has 1 unspecified atom stereocenters. The first-order chi connectivity index (χ1) is 11.0. The van der Waals surface area contributed by atoms with Gasteiger partial charge in [0.2, 0.25) is 0 Å². The maximum atomic E-state index is 12.5. The molecule has 118 valence electrons. The molecular formula is C18H18N2O3. The van der Waals surface area contributed by atoms with E-state index < -0.39 is 5.92 Å². The van der Waals surface area contributed by atoms with Gasteiger partial charge in [0, 0.05) is 11.8 Å². The minimum atomic E-state index is -0.419. The summed E-state index contributed by atoms with van der Waals surface area (Å²) in [4.78, 5) is 24.3. The molecule has 1 aromatic heterocycles. The summed E-state index contributed by atoms with van der Waals surface area (Å²) >= 11 is 0. The van der Waals surface area contributed by atoms with Crippen LogP contribution in [-0.2, 0) is 0 Å². The van der Waals surface area contributed by atoms with E-state index in [1.165, 1.54) is 6.07 Å². The zero-order valence-corrected chi connectivity index (χ0v) is 13.3. The first-order valence-electron chi connectivity index (χ1n) is 7.40. The van der Waals surface area contributed by atoms with Crippen LogP contribution in [0.15, 0.2) is 47.3 Å². The highest BCUT2D eigenvalue weighted by molar-refractivity contribution is 5.89. The van der Waals surface area contributed by atoms with Gasteiger partial charge >= 0.3 is 0 Å². The lowest BCUT2D eigenvalue weighted by Crippen LogP contribution is -2.28. The first kappa shape index (κ1) is 15.1. The van der Waals surface area contributed by atoms with Gasteiger partial charge in [-0.1, -0.05) is 24.3 Å². The quantitative estimate of drug-likeness (QED) is 0.808. The van der Waals surface area contributed by atoms with Crippen molar-refractivity contribution in [2.75, 3.05) is 7.11 Å². The van der Waals surface area contributed by atoms with Crippen LogP contribution in [0.2, 0.25) is 0 Å². The third-order valence-electron chi connectivity index (χ3n) is 4.01. The average molecular weight is 310 g/mol. The number of rotatable bonds is 3. The van der Waals surface area contributed by atoms with Crippen molar-refractivity contribution < 1.29 is 9.53 Å². The molecule has 2 aromatic carbocycles. The number of hydrogen-bond acceptors (Lipinski definition) is 3. The van der Waals surface area contributed by atoms with Crippen LogP contribution in [0.3, 0.4) is 0 Å². The van der Waals surface area contributed by atoms with Crippen LogP contribution in [-0.4, -0.2) is 22.8 Å². The van der Waals surface area contributed by atoms with Gasteiger partial charge in [0.05, 0.1) is 13.0 Å². The van der Waals surface area contributed by atoms with Crippen LogP contribution in [0.5, 0.6) is 5.75 Å². The summed E-state index contributed by atoms with van der Waals surface area (Å²) in [5.74, 6) is 0.107.